The minimum Gasteiger partial charge on any atom is -0.378 e. The number of anilines is 2. The van der Waals surface area contributed by atoms with Crippen LogP contribution in [-0.4, -0.2) is 13.6 Å². The molecule has 1 aromatic heterocycles. The molecule has 0 saturated heterocycles. The Morgan fingerprint density at radius 1 is 1.00 bits per heavy atom. The third-order valence-corrected chi connectivity index (χ3v) is 5.16. The zero-order valence-electron chi connectivity index (χ0n) is 14.2. The van der Waals surface area contributed by atoms with E-state index in [-0.39, 0.29) is 17.1 Å². The first-order chi connectivity index (χ1) is 13.2. The molecule has 11 heteroatoms. The van der Waals surface area contributed by atoms with Crippen LogP contribution in [-0.2, 0) is 10.0 Å². The van der Waals surface area contributed by atoms with E-state index in [1.54, 1.807) is 0 Å². The van der Waals surface area contributed by atoms with Crippen LogP contribution in [0.25, 0.3) is 0 Å². The number of aromatic nitrogens is 1. The fraction of sp³-hybridized carbons (Fsp3) is 0.118. The van der Waals surface area contributed by atoms with Gasteiger partial charge in [-0.2, -0.15) is 0 Å². The predicted molar refractivity (Wildman–Crippen MR) is 92.1 cm³/mol. The number of halogens is 4. The number of sulfonamides is 1. The van der Waals surface area contributed by atoms with Crippen LogP contribution in [0.3, 0.4) is 0 Å². The molecular formula is C17H13F4N3O3S. The van der Waals surface area contributed by atoms with Crippen molar-refractivity contribution in [2.45, 2.75) is 17.9 Å². The minimum atomic E-state index is -4.61. The molecule has 3 rings (SSSR count). The highest BCUT2D eigenvalue weighted by molar-refractivity contribution is 7.92. The van der Waals surface area contributed by atoms with E-state index >= 15 is 0 Å². The normalized spacial score (nSPS) is 12.6. The lowest BCUT2D eigenvalue weighted by atomic mass is 10.1. The quantitative estimate of drug-likeness (QED) is 0.590. The second kappa shape index (κ2) is 7.50. The second-order valence-electron chi connectivity index (χ2n) is 5.79. The molecule has 0 aliphatic carbocycles. The molecule has 3 aromatic rings. The van der Waals surface area contributed by atoms with Gasteiger partial charge in [-0.3, -0.25) is 4.72 Å². The first-order valence-electron chi connectivity index (χ1n) is 7.81. The molecule has 0 bridgehead atoms. The monoisotopic (exact) mass is 415 g/mol. The lowest BCUT2D eigenvalue weighted by Gasteiger charge is -2.17. The molecule has 0 unspecified atom stereocenters. The molecule has 1 atom stereocenters. The Morgan fingerprint density at radius 2 is 1.68 bits per heavy atom. The van der Waals surface area contributed by atoms with Crippen molar-refractivity contribution in [3.8, 4) is 0 Å². The molecule has 1 heterocycles. The van der Waals surface area contributed by atoms with Crippen LogP contribution >= 0.6 is 0 Å². The van der Waals surface area contributed by atoms with Crippen molar-refractivity contribution < 1.29 is 30.5 Å². The van der Waals surface area contributed by atoms with Gasteiger partial charge in [-0.15, -0.1) is 0 Å². The summed E-state index contributed by atoms with van der Waals surface area (Å²) in [5.41, 5.74) is -0.225. The Balaban J connectivity index is 1.88. The summed E-state index contributed by atoms with van der Waals surface area (Å²) in [6.07, 6.45) is 1.07. The molecule has 0 aliphatic rings. The highest BCUT2D eigenvalue weighted by atomic mass is 32.2. The number of hydrogen-bond acceptors (Lipinski definition) is 5. The van der Waals surface area contributed by atoms with Crippen LogP contribution in [0, 0.1) is 23.3 Å². The molecule has 0 aliphatic heterocycles. The number of nitrogens with one attached hydrogen (secondary N) is 2. The van der Waals surface area contributed by atoms with E-state index < -0.39 is 44.2 Å². The van der Waals surface area contributed by atoms with Gasteiger partial charge >= 0.3 is 0 Å². The maximum Gasteiger partial charge on any atom is 0.269 e. The molecular weight excluding hydrogens is 402 g/mol. The largest absolute Gasteiger partial charge is 0.378 e. The van der Waals surface area contributed by atoms with E-state index in [2.05, 4.69) is 15.0 Å². The van der Waals surface area contributed by atoms with Crippen molar-refractivity contribution in [3.05, 3.63) is 71.5 Å². The number of rotatable bonds is 6. The number of nitrogens with zero attached hydrogens (tertiary/aromatic N) is 1. The van der Waals surface area contributed by atoms with Crippen molar-refractivity contribution in [2.75, 3.05) is 10.0 Å². The predicted octanol–water partition coefficient (Wildman–Crippen LogP) is 4.20. The van der Waals surface area contributed by atoms with E-state index in [1.807, 2.05) is 4.72 Å². The highest BCUT2D eigenvalue weighted by Gasteiger charge is 2.26. The summed E-state index contributed by atoms with van der Waals surface area (Å²) in [6, 6.07) is 4.56. The molecule has 6 nitrogen and oxygen atoms in total. The van der Waals surface area contributed by atoms with E-state index in [4.69, 9.17) is 0 Å². The zero-order chi connectivity index (χ0) is 20.5. The molecule has 0 amide bonds. The summed E-state index contributed by atoms with van der Waals surface area (Å²) in [5, 5.41) is 5.91. The fourth-order valence-corrected chi connectivity index (χ4v) is 3.64. The van der Waals surface area contributed by atoms with E-state index in [9.17, 15) is 26.0 Å². The van der Waals surface area contributed by atoms with Crippen LogP contribution in [0.2, 0.25) is 0 Å². The summed E-state index contributed by atoms with van der Waals surface area (Å²) < 4.78 is 86.6. The molecule has 2 aromatic carbocycles. The molecule has 0 saturated carbocycles. The van der Waals surface area contributed by atoms with Crippen LogP contribution in [0.5, 0.6) is 0 Å². The molecule has 0 radical (unpaired) electrons. The van der Waals surface area contributed by atoms with Gasteiger partial charge in [0.25, 0.3) is 10.0 Å². The lowest BCUT2D eigenvalue weighted by Crippen LogP contribution is -2.17. The standard InChI is InChI=1S/C17H13F4N3O3S/c1-9(12-6-10(18)2-3-13(12)19)22-11-7-14(20)17(15(21)8-11)28(25,26)24-16-4-5-27-23-16/h2-9,22H,1H3,(H,23,24)/t9-/m0/s1. The van der Waals surface area contributed by atoms with Gasteiger partial charge in [0.05, 0.1) is 6.04 Å². The summed E-state index contributed by atoms with van der Waals surface area (Å²) >= 11 is 0. The topological polar surface area (TPSA) is 84.2 Å². The summed E-state index contributed by atoms with van der Waals surface area (Å²) in [7, 11) is -4.61. The average Bonchev–Trinajstić information content (AvgIpc) is 3.08. The SMILES string of the molecule is C[C@H](Nc1cc(F)c(S(=O)(=O)Nc2ccon2)c(F)c1)c1cc(F)ccc1F. The third kappa shape index (κ3) is 4.09. The van der Waals surface area contributed by atoms with Crippen molar-refractivity contribution in [3.63, 3.8) is 0 Å². The van der Waals surface area contributed by atoms with Crippen molar-refractivity contribution >= 4 is 21.5 Å². The van der Waals surface area contributed by atoms with Crippen LogP contribution in [0.4, 0.5) is 29.1 Å². The Bertz CT molecular complexity index is 1080. The summed E-state index contributed by atoms with van der Waals surface area (Å²) in [6.45, 7) is 1.45. The van der Waals surface area contributed by atoms with Crippen molar-refractivity contribution in [1.29, 1.82) is 0 Å². The molecule has 0 fully saturated rings. The van der Waals surface area contributed by atoms with Gasteiger partial charge in [0.15, 0.2) is 10.7 Å². The molecule has 148 valence electrons. The fourth-order valence-electron chi connectivity index (χ4n) is 2.53. The van der Waals surface area contributed by atoms with Gasteiger partial charge in [-0.05, 0) is 37.3 Å². The van der Waals surface area contributed by atoms with E-state index in [1.165, 1.54) is 6.92 Å². The Kier molecular flexibility index (Phi) is 5.27. The maximum absolute atomic E-state index is 14.4. The number of hydrogen-bond donors (Lipinski definition) is 2. The average molecular weight is 415 g/mol. The lowest BCUT2D eigenvalue weighted by molar-refractivity contribution is 0.423. The van der Waals surface area contributed by atoms with Crippen LogP contribution in [0.15, 0.2) is 52.1 Å². The zero-order valence-corrected chi connectivity index (χ0v) is 15.0. The van der Waals surface area contributed by atoms with Crippen molar-refractivity contribution in [2.24, 2.45) is 0 Å². The molecule has 0 spiro atoms. The summed E-state index contributed by atoms with van der Waals surface area (Å²) in [5.74, 6) is -4.41. The minimum absolute atomic E-state index is 0.0646. The number of benzene rings is 2. The van der Waals surface area contributed by atoms with Gasteiger partial charge in [0.1, 0.15) is 29.5 Å². The maximum atomic E-state index is 14.4. The first kappa shape index (κ1) is 19.7. The van der Waals surface area contributed by atoms with Gasteiger partial charge in [0.2, 0.25) is 0 Å². The van der Waals surface area contributed by atoms with Gasteiger partial charge in [0, 0.05) is 17.3 Å². The summed E-state index contributed by atoms with van der Waals surface area (Å²) in [4.78, 5) is -1.22. The highest BCUT2D eigenvalue weighted by Crippen LogP contribution is 2.28. The Labute approximate surface area is 157 Å². The van der Waals surface area contributed by atoms with E-state index in [0.717, 1.165) is 42.7 Å². The Hall–Kier alpha value is -3.08. The van der Waals surface area contributed by atoms with E-state index in [0.29, 0.717) is 0 Å². The third-order valence-electron chi connectivity index (χ3n) is 3.75. The van der Waals surface area contributed by atoms with Gasteiger partial charge < -0.3 is 9.84 Å². The molecule has 28 heavy (non-hydrogen) atoms. The van der Waals surface area contributed by atoms with Gasteiger partial charge in [-0.1, -0.05) is 5.16 Å². The first-order valence-corrected chi connectivity index (χ1v) is 9.29. The smallest absolute Gasteiger partial charge is 0.269 e. The van der Waals surface area contributed by atoms with Crippen LogP contribution in [0.1, 0.15) is 18.5 Å². The second-order valence-corrected chi connectivity index (χ2v) is 7.41. The Morgan fingerprint density at radius 3 is 2.29 bits per heavy atom. The molecule has 2 N–H and O–H groups in total. The van der Waals surface area contributed by atoms with Gasteiger partial charge in [-0.25, -0.2) is 26.0 Å². The van der Waals surface area contributed by atoms with Crippen LogP contribution < -0.4 is 10.0 Å². The van der Waals surface area contributed by atoms with Crippen molar-refractivity contribution in [1.82, 2.24) is 5.16 Å².